The van der Waals surface area contributed by atoms with Crippen molar-refractivity contribution in [1.29, 1.82) is 0 Å². The molecule has 0 atom stereocenters. The summed E-state index contributed by atoms with van der Waals surface area (Å²) in [6.45, 7) is 0. The molecule has 0 radical (unpaired) electrons. The second-order valence-electron chi connectivity index (χ2n) is 2.11. The fourth-order valence-corrected chi connectivity index (χ4v) is 0.602. The Morgan fingerprint density at radius 1 is 1.14 bits per heavy atom. The zero-order chi connectivity index (χ0) is 11.2. The molecule has 7 heteroatoms. The van der Waals surface area contributed by atoms with Crippen LogP contribution in [0, 0.1) is 0 Å². The molecule has 2 N–H and O–H groups in total. The number of carbonyl (C=O) groups excluding carboxylic acids is 1. The summed E-state index contributed by atoms with van der Waals surface area (Å²) in [5, 5.41) is 0. The summed E-state index contributed by atoms with van der Waals surface area (Å²) >= 11 is 0. The van der Waals surface area contributed by atoms with Crippen LogP contribution in [0.2, 0.25) is 0 Å². The number of amides is 1. The molecule has 1 aromatic rings. The van der Waals surface area contributed by atoms with Crippen molar-refractivity contribution >= 4 is 35.5 Å². The molecule has 0 aliphatic heterocycles. The quantitative estimate of drug-likeness (QED) is 0.773. The average molecular weight is 256 g/mol. The minimum Gasteiger partial charge on any atom is -0.366 e. The molecule has 0 unspecified atom stereocenters. The lowest BCUT2D eigenvalue weighted by Crippen LogP contribution is -2.09. The normalized spacial score (nSPS) is 9.86. The fraction of sp³-hybridized carbons (Fsp3) is 0. The van der Waals surface area contributed by atoms with Gasteiger partial charge in [0.25, 0.3) is 0 Å². The third-order valence-corrected chi connectivity index (χ3v) is 1.06. The van der Waals surface area contributed by atoms with Crippen LogP contribution < -0.4 is 5.73 Å². The summed E-state index contributed by atoms with van der Waals surface area (Å²) in [6, 6.07) is 8.76. The first-order valence-corrected chi connectivity index (χ1v) is 6.43. The standard InChI is InChI=1S/C7H7NO.Cl2O2S/c8-7(9)6-4-2-1-3-5-6;1-5(2,3)4/h1-5H,(H2,8,9);. The average Bonchev–Trinajstić information content (AvgIpc) is 2.03. The molecule has 14 heavy (non-hydrogen) atoms. The second-order valence-corrected chi connectivity index (χ2v) is 5.78. The highest BCUT2D eigenvalue weighted by Crippen LogP contribution is 1.98. The smallest absolute Gasteiger partial charge is 0.317 e. The number of rotatable bonds is 1. The Balaban J connectivity index is 0.000000292. The Bertz CT molecular complexity index is 383. The molecule has 1 aromatic carbocycles. The predicted octanol–water partition coefficient (Wildman–Crippen LogP) is 1.49. The summed E-state index contributed by atoms with van der Waals surface area (Å²) in [5.74, 6) is -0.379. The fourth-order valence-electron chi connectivity index (χ4n) is 0.602. The topological polar surface area (TPSA) is 77.2 Å². The van der Waals surface area contributed by atoms with E-state index in [4.69, 9.17) is 14.2 Å². The number of benzene rings is 1. The first-order chi connectivity index (χ1) is 6.30. The first kappa shape index (κ1) is 13.2. The van der Waals surface area contributed by atoms with Crippen molar-refractivity contribution in [3.8, 4) is 0 Å². The molecular formula is C7H7Cl2NO3S. The van der Waals surface area contributed by atoms with E-state index in [1.54, 1.807) is 24.3 Å². The van der Waals surface area contributed by atoms with Gasteiger partial charge in [-0.15, -0.1) is 0 Å². The van der Waals surface area contributed by atoms with Gasteiger partial charge < -0.3 is 5.73 Å². The molecule has 4 nitrogen and oxygen atoms in total. The van der Waals surface area contributed by atoms with Gasteiger partial charge in [-0.3, -0.25) is 4.79 Å². The molecular weight excluding hydrogens is 249 g/mol. The van der Waals surface area contributed by atoms with E-state index in [9.17, 15) is 4.79 Å². The summed E-state index contributed by atoms with van der Waals surface area (Å²) in [7, 11) is 4.81. The number of halogens is 2. The van der Waals surface area contributed by atoms with Crippen LogP contribution in [0.15, 0.2) is 30.3 Å². The summed E-state index contributed by atoms with van der Waals surface area (Å²) < 4.78 is 18.3. The second kappa shape index (κ2) is 5.85. The van der Waals surface area contributed by atoms with Crippen LogP contribution in [0.25, 0.3) is 0 Å². The highest BCUT2D eigenvalue weighted by molar-refractivity contribution is 8.31. The van der Waals surface area contributed by atoms with E-state index in [1.165, 1.54) is 0 Å². The van der Waals surface area contributed by atoms with E-state index in [2.05, 4.69) is 21.4 Å². The van der Waals surface area contributed by atoms with Crippen LogP contribution in [0.5, 0.6) is 0 Å². The molecule has 0 saturated heterocycles. The lowest BCUT2D eigenvalue weighted by atomic mass is 10.2. The van der Waals surface area contributed by atoms with Crippen molar-refractivity contribution in [2.45, 2.75) is 0 Å². The van der Waals surface area contributed by atoms with Gasteiger partial charge in [0, 0.05) is 26.9 Å². The van der Waals surface area contributed by atoms with E-state index in [0.29, 0.717) is 5.56 Å². The molecule has 0 bridgehead atoms. The number of hydrogen-bond donors (Lipinski definition) is 1. The molecule has 0 aliphatic carbocycles. The monoisotopic (exact) mass is 255 g/mol. The molecule has 78 valence electrons. The third-order valence-electron chi connectivity index (χ3n) is 1.06. The van der Waals surface area contributed by atoms with Gasteiger partial charge in [-0.05, 0) is 12.1 Å². The predicted molar refractivity (Wildman–Crippen MR) is 55.6 cm³/mol. The molecule has 1 rings (SSSR count). The lowest BCUT2D eigenvalue weighted by Gasteiger charge is -1.89. The number of hydrogen-bond acceptors (Lipinski definition) is 3. The van der Waals surface area contributed by atoms with Gasteiger partial charge in [0.2, 0.25) is 5.91 Å². The summed E-state index contributed by atoms with van der Waals surface area (Å²) in [4.78, 5) is 10.4. The Morgan fingerprint density at radius 2 is 1.50 bits per heavy atom. The van der Waals surface area contributed by atoms with Crippen molar-refractivity contribution in [2.24, 2.45) is 5.73 Å². The minimum atomic E-state index is -3.72. The van der Waals surface area contributed by atoms with E-state index >= 15 is 0 Å². The Hall–Kier alpha value is -0.780. The van der Waals surface area contributed by atoms with E-state index < -0.39 is 8.26 Å². The molecule has 0 aliphatic rings. The number of nitrogens with two attached hydrogens (primary N) is 1. The Labute approximate surface area is 90.5 Å². The SMILES string of the molecule is NC(=O)c1ccccc1.O=S(=O)(Cl)Cl. The number of primary amides is 1. The van der Waals surface area contributed by atoms with Gasteiger partial charge in [0.15, 0.2) is 0 Å². The van der Waals surface area contributed by atoms with E-state index in [-0.39, 0.29) is 5.91 Å². The Morgan fingerprint density at radius 3 is 1.71 bits per heavy atom. The lowest BCUT2D eigenvalue weighted by molar-refractivity contribution is 0.100. The van der Waals surface area contributed by atoms with Crippen LogP contribution in [0.4, 0.5) is 0 Å². The van der Waals surface area contributed by atoms with Crippen molar-refractivity contribution in [2.75, 3.05) is 0 Å². The maximum atomic E-state index is 10.4. The molecule has 0 saturated carbocycles. The van der Waals surface area contributed by atoms with Gasteiger partial charge in [-0.1, -0.05) is 18.2 Å². The molecule has 0 aromatic heterocycles. The van der Waals surface area contributed by atoms with E-state index in [0.717, 1.165) is 0 Å². The summed E-state index contributed by atoms with van der Waals surface area (Å²) in [5.41, 5.74) is 5.53. The van der Waals surface area contributed by atoms with Gasteiger partial charge in [-0.2, -0.15) is 8.42 Å². The minimum absolute atomic E-state index is 0.379. The van der Waals surface area contributed by atoms with Crippen LogP contribution in [0.3, 0.4) is 0 Å². The number of carbonyl (C=O) groups is 1. The molecule has 0 spiro atoms. The van der Waals surface area contributed by atoms with Crippen molar-refractivity contribution in [3.05, 3.63) is 35.9 Å². The first-order valence-electron chi connectivity index (χ1n) is 3.30. The molecule has 0 heterocycles. The van der Waals surface area contributed by atoms with Gasteiger partial charge in [-0.25, -0.2) is 0 Å². The zero-order valence-corrected chi connectivity index (χ0v) is 9.18. The van der Waals surface area contributed by atoms with Crippen LogP contribution in [-0.4, -0.2) is 14.3 Å². The van der Waals surface area contributed by atoms with Crippen LogP contribution >= 0.6 is 21.4 Å². The van der Waals surface area contributed by atoms with E-state index in [1.807, 2.05) is 6.07 Å². The van der Waals surface area contributed by atoms with Crippen molar-refractivity contribution < 1.29 is 13.2 Å². The largest absolute Gasteiger partial charge is 0.366 e. The van der Waals surface area contributed by atoms with Crippen molar-refractivity contribution in [3.63, 3.8) is 0 Å². The van der Waals surface area contributed by atoms with Gasteiger partial charge >= 0.3 is 8.26 Å². The highest BCUT2D eigenvalue weighted by Gasteiger charge is 1.93. The third kappa shape index (κ3) is 9.31. The zero-order valence-electron chi connectivity index (χ0n) is 6.85. The maximum Gasteiger partial charge on any atom is 0.317 e. The van der Waals surface area contributed by atoms with Crippen molar-refractivity contribution in [1.82, 2.24) is 0 Å². The van der Waals surface area contributed by atoms with Gasteiger partial charge in [0.1, 0.15) is 0 Å². The van der Waals surface area contributed by atoms with Gasteiger partial charge in [0.05, 0.1) is 0 Å². The maximum absolute atomic E-state index is 10.4. The molecule has 1 amide bonds. The van der Waals surface area contributed by atoms with Crippen LogP contribution in [0.1, 0.15) is 10.4 Å². The highest BCUT2D eigenvalue weighted by atomic mass is 36.0. The molecule has 0 fully saturated rings. The van der Waals surface area contributed by atoms with Crippen LogP contribution in [-0.2, 0) is 8.26 Å². The Kier molecular flexibility index (Phi) is 5.52. The summed E-state index contributed by atoms with van der Waals surface area (Å²) in [6.07, 6.45) is 0.